The van der Waals surface area contributed by atoms with Crippen LogP contribution < -0.4 is 10.6 Å². The van der Waals surface area contributed by atoms with E-state index in [-0.39, 0.29) is 23.2 Å². The van der Waals surface area contributed by atoms with Crippen molar-refractivity contribution in [3.05, 3.63) is 11.6 Å². The van der Waals surface area contributed by atoms with Gasteiger partial charge in [-0.05, 0) is 101 Å². The van der Waals surface area contributed by atoms with Gasteiger partial charge in [-0.2, -0.15) is 0 Å². The van der Waals surface area contributed by atoms with Crippen molar-refractivity contribution in [3.63, 3.8) is 0 Å². The van der Waals surface area contributed by atoms with Crippen LogP contribution in [0.5, 0.6) is 0 Å². The second-order valence-corrected chi connectivity index (χ2v) is 13.6. The van der Waals surface area contributed by atoms with Crippen molar-refractivity contribution >= 4 is 29.3 Å². The molecular formula is C32H49N3O7. The molecule has 4 aliphatic carbocycles. The molecule has 10 heteroatoms. The quantitative estimate of drug-likeness (QED) is 0.267. The predicted molar refractivity (Wildman–Crippen MR) is 157 cm³/mol. The van der Waals surface area contributed by atoms with Crippen LogP contribution in [0.25, 0.3) is 0 Å². The summed E-state index contributed by atoms with van der Waals surface area (Å²) in [6.07, 6.45) is 11.0. The second kappa shape index (κ2) is 12.5. The standard InChI is InChI=1S/C32H49N3O7/c1-6-7-8-26(29(39)40)34-28(38)19(2)33-27(37)18-42-35-22-11-14-30(4)21(17-22)9-10-23-24(30)12-15-31(5)25(23)13-16-32(31,41)20(3)36/h17,19,23-26,41H,6-16,18H2,1-5H3,(H,33,37)(H,34,38)(H,39,40)/b35-22-/t19-,23-,24+,25+,26+,30+,31+,32+/m1/s1. The summed E-state index contributed by atoms with van der Waals surface area (Å²) in [5, 5.41) is 29.9. The largest absolute Gasteiger partial charge is 0.480 e. The summed E-state index contributed by atoms with van der Waals surface area (Å²) < 4.78 is 0. The summed E-state index contributed by atoms with van der Waals surface area (Å²) in [6.45, 7) is 9.14. The molecule has 0 aromatic rings. The van der Waals surface area contributed by atoms with Crippen LogP contribution in [0.2, 0.25) is 0 Å². The highest BCUT2D eigenvalue weighted by Gasteiger charge is 2.65. The third-order valence-electron chi connectivity index (χ3n) is 11.3. The molecule has 0 saturated heterocycles. The number of ketones is 1. The van der Waals surface area contributed by atoms with Crippen LogP contribution in [-0.4, -0.2) is 63.8 Å². The average Bonchev–Trinajstić information content (AvgIpc) is 3.22. The minimum atomic E-state index is -1.20. The number of carbonyl (C=O) groups is 4. The first-order chi connectivity index (χ1) is 19.8. The number of rotatable bonds is 11. The molecule has 234 valence electrons. The Kier molecular flexibility index (Phi) is 9.55. The first-order valence-corrected chi connectivity index (χ1v) is 15.7. The van der Waals surface area contributed by atoms with Gasteiger partial charge in [0.15, 0.2) is 12.4 Å². The van der Waals surface area contributed by atoms with Gasteiger partial charge in [-0.3, -0.25) is 14.4 Å². The average molecular weight is 588 g/mol. The van der Waals surface area contributed by atoms with Crippen LogP contribution in [0.15, 0.2) is 16.8 Å². The van der Waals surface area contributed by atoms with Crippen molar-refractivity contribution in [2.24, 2.45) is 33.7 Å². The molecule has 8 atom stereocenters. The zero-order valence-corrected chi connectivity index (χ0v) is 25.8. The maximum Gasteiger partial charge on any atom is 0.326 e. The predicted octanol–water partition coefficient (Wildman–Crippen LogP) is 3.91. The van der Waals surface area contributed by atoms with Gasteiger partial charge in [-0.15, -0.1) is 0 Å². The summed E-state index contributed by atoms with van der Waals surface area (Å²) in [4.78, 5) is 54.0. The van der Waals surface area contributed by atoms with Crippen molar-refractivity contribution < 1.29 is 34.2 Å². The normalized spacial score (nSPS) is 36.0. The summed E-state index contributed by atoms with van der Waals surface area (Å²) in [7, 11) is 0. The molecule has 0 aromatic heterocycles. The van der Waals surface area contributed by atoms with Gasteiger partial charge >= 0.3 is 5.97 Å². The van der Waals surface area contributed by atoms with Crippen molar-refractivity contribution in [1.29, 1.82) is 0 Å². The number of hydrogen-bond acceptors (Lipinski definition) is 7. The molecule has 0 spiro atoms. The number of nitrogens with zero attached hydrogens (tertiary/aromatic N) is 1. The minimum absolute atomic E-state index is 0.0469. The number of hydrogen-bond donors (Lipinski definition) is 4. The molecule has 10 nitrogen and oxygen atoms in total. The maximum absolute atomic E-state index is 12.5. The second-order valence-electron chi connectivity index (χ2n) is 13.6. The van der Waals surface area contributed by atoms with Gasteiger partial charge in [0, 0.05) is 5.41 Å². The molecule has 0 bridgehead atoms. The van der Waals surface area contributed by atoms with Gasteiger partial charge in [0.05, 0.1) is 5.71 Å². The fourth-order valence-corrected chi connectivity index (χ4v) is 8.72. The van der Waals surface area contributed by atoms with Gasteiger partial charge in [-0.25, -0.2) is 4.79 Å². The number of aliphatic carboxylic acids is 1. The monoisotopic (exact) mass is 587 g/mol. The number of oxime groups is 1. The Morgan fingerprint density at radius 1 is 1.07 bits per heavy atom. The molecule has 0 radical (unpaired) electrons. The highest BCUT2D eigenvalue weighted by atomic mass is 16.6. The number of amides is 2. The van der Waals surface area contributed by atoms with E-state index in [4.69, 9.17) is 4.84 Å². The van der Waals surface area contributed by atoms with E-state index in [1.165, 1.54) is 12.5 Å². The summed E-state index contributed by atoms with van der Waals surface area (Å²) in [6, 6.07) is -1.90. The number of carbonyl (C=O) groups excluding carboxylic acids is 3. The summed E-state index contributed by atoms with van der Waals surface area (Å²) in [5.41, 5.74) is 0.662. The van der Waals surface area contributed by atoms with Crippen LogP contribution in [0.1, 0.15) is 105 Å². The summed E-state index contributed by atoms with van der Waals surface area (Å²) >= 11 is 0. The molecule has 4 N–H and O–H groups in total. The Bertz CT molecular complexity index is 1150. The molecular weight excluding hydrogens is 538 g/mol. The van der Waals surface area contributed by atoms with E-state index in [0.717, 1.165) is 57.1 Å². The Hall–Kier alpha value is -2.75. The molecule has 0 unspecified atom stereocenters. The molecule has 42 heavy (non-hydrogen) atoms. The Labute approximate surface area is 249 Å². The zero-order chi connectivity index (χ0) is 30.9. The number of Topliss-reactive ketones (excluding diaryl/α,β-unsaturated/α-hetero) is 1. The molecule has 0 aromatic carbocycles. The van der Waals surface area contributed by atoms with E-state index in [0.29, 0.717) is 37.0 Å². The lowest BCUT2D eigenvalue weighted by atomic mass is 9.46. The fourth-order valence-electron chi connectivity index (χ4n) is 8.72. The number of carboxylic acid groups (broad SMARTS) is 1. The van der Waals surface area contributed by atoms with E-state index in [1.54, 1.807) is 6.92 Å². The molecule has 0 aliphatic heterocycles. The van der Waals surface area contributed by atoms with Crippen molar-refractivity contribution in [2.75, 3.05) is 6.61 Å². The van der Waals surface area contributed by atoms with Crippen LogP contribution in [0.4, 0.5) is 0 Å². The highest BCUT2D eigenvalue weighted by molar-refractivity contribution is 5.96. The van der Waals surface area contributed by atoms with Gasteiger partial charge < -0.3 is 25.7 Å². The Morgan fingerprint density at radius 3 is 2.45 bits per heavy atom. The molecule has 2 amide bonds. The molecule has 0 heterocycles. The number of fused-ring (bicyclic) bond motifs is 5. The third kappa shape index (κ3) is 5.88. The minimum Gasteiger partial charge on any atom is -0.480 e. The first-order valence-electron chi connectivity index (χ1n) is 15.7. The maximum atomic E-state index is 12.5. The van der Waals surface area contributed by atoms with E-state index in [9.17, 15) is 29.4 Å². The third-order valence-corrected chi connectivity index (χ3v) is 11.3. The summed E-state index contributed by atoms with van der Waals surface area (Å²) in [5.74, 6) is -0.895. The van der Waals surface area contributed by atoms with Gasteiger partial charge in [0.1, 0.15) is 17.7 Å². The first kappa shape index (κ1) is 32.2. The Balaban J connectivity index is 1.32. The topological polar surface area (TPSA) is 154 Å². The van der Waals surface area contributed by atoms with Crippen LogP contribution >= 0.6 is 0 Å². The van der Waals surface area contributed by atoms with Crippen molar-refractivity contribution in [3.8, 4) is 0 Å². The fraction of sp³-hybridized carbons (Fsp3) is 0.781. The van der Waals surface area contributed by atoms with Crippen molar-refractivity contribution in [1.82, 2.24) is 10.6 Å². The Morgan fingerprint density at radius 2 is 1.79 bits per heavy atom. The lowest BCUT2D eigenvalue weighted by molar-refractivity contribution is -0.159. The SMILES string of the molecule is CCCC[C@H](NC(=O)[C@@H](C)NC(=O)CO/N=C1\C=C2CC[C@@H]3[C@H](CC[C@@]4(C)[C@H]3CC[C@]4(O)C(C)=O)[C@@]2(C)CC1)C(=O)O. The zero-order valence-electron chi connectivity index (χ0n) is 25.8. The van der Waals surface area contributed by atoms with Crippen LogP contribution in [0, 0.1) is 28.6 Å². The van der Waals surface area contributed by atoms with Crippen molar-refractivity contribution in [2.45, 2.75) is 123 Å². The smallest absolute Gasteiger partial charge is 0.326 e. The van der Waals surface area contributed by atoms with Gasteiger partial charge in [-0.1, -0.05) is 44.3 Å². The van der Waals surface area contributed by atoms with Crippen LogP contribution in [0.3, 0.4) is 0 Å². The molecule has 3 saturated carbocycles. The lowest BCUT2D eigenvalue weighted by Gasteiger charge is -2.59. The van der Waals surface area contributed by atoms with E-state index < -0.39 is 35.5 Å². The van der Waals surface area contributed by atoms with E-state index in [1.807, 2.05) is 6.92 Å². The number of carboxylic acids is 1. The highest BCUT2D eigenvalue weighted by Crippen LogP contribution is 2.67. The number of aliphatic hydroxyl groups is 1. The van der Waals surface area contributed by atoms with E-state index in [2.05, 4.69) is 35.7 Å². The molecule has 3 fully saturated rings. The number of nitrogens with one attached hydrogen (secondary N) is 2. The molecule has 4 aliphatic rings. The van der Waals surface area contributed by atoms with Crippen LogP contribution in [-0.2, 0) is 24.0 Å². The number of unbranched alkanes of at least 4 members (excludes halogenated alkanes) is 1. The van der Waals surface area contributed by atoms with Gasteiger partial charge in [0.25, 0.3) is 5.91 Å². The number of allylic oxidation sites excluding steroid dienone is 2. The van der Waals surface area contributed by atoms with Gasteiger partial charge in [0.2, 0.25) is 5.91 Å². The van der Waals surface area contributed by atoms with E-state index >= 15 is 0 Å². The molecule has 4 rings (SSSR count). The lowest BCUT2D eigenvalue weighted by Crippen LogP contribution is -2.57.